The lowest BCUT2D eigenvalue weighted by molar-refractivity contribution is 0.1000. The fourth-order valence-electron chi connectivity index (χ4n) is 1.69. The van der Waals surface area contributed by atoms with Crippen molar-refractivity contribution < 1.29 is 9.18 Å². The Kier molecular flexibility index (Phi) is 4.17. The second-order valence-corrected chi connectivity index (χ2v) is 5.33. The Morgan fingerprint density at radius 3 is 2.85 bits per heavy atom. The van der Waals surface area contributed by atoms with Gasteiger partial charge in [-0.25, -0.2) is 9.37 Å². The summed E-state index contributed by atoms with van der Waals surface area (Å²) < 4.78 is 15.5. The van der Waals surface area contributed by atoms with E-state index in [-0.39, 0.29) is 23.2 Å². The van der Waals surface area contributed by atoms with Crippen molar-refractivity contribution in [3.8, 4) is 0 Å². The van der Waals surface area contributed by atoms with Gasteiger partial charge in [0.25, 0.3) is 5.56 Å². The van der Waals surface area contributed by atoms with Crippen LogP contribution in [0.3, 0.4) is 0 Å². The number of carbonyl (C=O) groups is 1. The van der Waals surface area contributed by atoms with Crippen LogP contribution in [0.15, 0.2) is 29.3 Å². The molecule has 7 heteroatoms. The van der Waals surface area contributed by atoms with Crippen LogP contribution in [0.4, 0.5) is 4.39 Å². The average Bonchev–Trinajstić information content (AvgIpc) is 2.41. The highest BCUT2D eigenvalue weighted by Crippen LogP contribution is 2.12. The lowest BCUT2D eigenvalue weighted by Crippen LogP contribution is -2.25. The summed E-state index contributed by atoms with van der Waals surface area (Å²) in [7, 11) is 0. The molecule has 20 heavy (non-hydrogen) atoms. The van der Waals surface area contributed by atoms with Gasteiger partial charge in [-0.05, 0) is 47.7 Å². The van der Waals surface area contributed by atoms with Crippen molar-refractivity contribution in [3.05, 3.63) is 61.1 Å². The Hall–Kier alpha value is -1.77. The van der Waals surface area contributed by atoms with Crippen molar-refractivity contribution in [2.45, 2.75) is 13.5 Å². The monoisotopic (exact) mass is 387 g/mol. The molecule has 1 aromatic carbocycles. The van der Waals surface area contributed by atoms with E-state index in [9.17, 15) is 14.0 Å². The van der Waals surface area contributed by atoms with Crippen LogP contribution in [0.5, 0.6) is 0 Å². The number of nitrogens with two attached hydrogens (primary N) is 1. The summed E-state index contributed by atoms with van der Waals surface area (Å²) in [5, 5.41) is 0. The molecule has 1 aromatic heterocycles. The first kappa shape index (κ1) is 14.6. The van der Waals surface area contributed by atoms with Crippen molar-refractivity contribution in [1.82, 2.24) is 9.55 Å². The molecule has 0 bridgehead atoms. The zero-order valence-electron chi connectivity index (χ0n) is 10.6. The van der Waals surface area contributed by atoms with Crippen LogP contribution < -0.4 is 11.3 Å². The summed E-state index contributed by atoms with van der Waals surface area (Å²) in [6.07, 6.45) is 1.36. The highest BCUT2D eigenvalue weighted by molar-refractivity contribution is 14.1. The Bertz CT molecular complexity index is 743. The summed E-state index contributed by atoms with van der Waals surface area (Å²) >= 11 is 1.90. The van der Waals surface area contributed by atoms with Gasteiger partial charge in [0, 0.05) is 11.1 Å². The molecule has 0 saturated heterocycles. The van der Waals surface area contributed by atoms with E-state index in [1.165, 1.54) is 23.0 Å². The van der Waals surface area contributed by atoms with Gasteiger partial charge >= 0.3 is 0 Å². The maximum Gasteiger partial charge on any atom is 0.267 e. The minimum atomic E-state index is -0.643. The summed E-state index contributed by atoms with van der Waals surface area (Å²) in [6.45, 7) is 1.72. The first-order chi connectivity index (χ1) is 9.40. The molecule has 2 N–H and O–H groups in total. The number of hydrogen-bond acceptors (Lipinski definition) is 3. The number of primary amides is 1. The lowest BCUT2D eigenvalue weighted by atomic mass is 10.1. The second kappa shape index (κ2) is 5.70. The molecule has 0 fully saturated rings. The van der Waals surface area contributed by atoms with Gasteiger partial charge in [-0.1, -0.05) is 0 Å². The number of amides is 1. The molecule has 0 atom stereocenters. The predicted molar refractivity (Wildman–Crippen MR) is 80.0 cm³/mol. The summed E-state index contributed by atoms with van der Waals surface area (Å²) in [5.74, 6) is -1.15. The van der Waals surface area contributed by atoms with Gasteiger partial charge in [-0.3, -0.25) is 14.2 Å². The molecule has 0 aliphatic heterocycles. The number of rotatable bonds is 3. The number of aryl methyl sites for hydroxylation is 1. The number of benzene rings is 1. The van der Waals surface area contributed by atoms with E-state index in [0.717, 1.165) is 6.07 Å². The van der Waals surface area contributed by atoms with Crippen LogP contribution in [0.1, 0.15) is 21.6 Å². The minimum Gasteiger partial charge on any atom is -0.366 e. The molecule has 0 spiro atoms. The number of halogens is 2. The van der Waals surface area contributed by atoms with E-state index in [0.29, 0.717) is 9.26 Å². The van der Waals surface area contributed by atoms with Crippen LogP contribution in [-0.4, -0.2) is 15.5 Å². The molecule has 5 nitrogen and oxygen atoms in total. The Balaban J connectivity index is 2.45. The van der Waals surface area contributed by atoms with Gasteiger partial charge in [0.1, 0.15) is 5.82 Å². The van der Waals surface area contributed by atoms with Crippen LogP contribution in [-0.2, 0) is 6.54 Å². The molecular formula is C13H11FIN3O2. The number of aromatic nitrogens is 2. The summed E-state index contributed by atoms with van der Waals surface area (Å²) in [6, 6.07) is 3.81. The van der Waals surface area contributed by atoms with E-state index in [4.69, 9.17) is 5.73 Å². The Morgan fingerprint density at radius 2 is 2.20 bits per heavy atom. The first-order valence-electron chi connectivity index (χ1n) is 5.70. The van der Waals surface area contributed by atoms with Gasteiger partial charge in [0.15, 0.2) is 0 Å². The third kappa shape index (κ3) is 2.87. The molecule has 1 heterocycles. The molecule has 0 unspecified atom stereocenters. The van der Waals surface area contributed by atoms with E-state index < -0.39 is 11.7 Å². The highest BCUT2D eigenvalue weighted by Gasteiger charge is 2.10. The Labute approximate surface area is 127 Å². The molecule has 2 aromatic rings. The van der Waals surface area contributed by atoms with Crippen LogP contribution in [0.2, 0.25) is 0 Å². The van der Waals surface area contributed by atoms with Crippen LogP contribution >= 0.6 is 22.6 Å². The number of hydrogen-bond donors (Lipinski definition) is 1. The van der Waals surface area contributed by atoms with Crippen molar-refractivity contribution in [1.29, 1.82) is 0 Å². The van der Waals surface area contributed by atoms with Crippen molar-refractivity contribution in [2.75, 3.05) is 0 Å². The SMILES string of the molecule is Cc1ncn(Cc2cc(C(N)=O)ccc2F)c(=O)c1I. The summed E-state index contributed by atoms with van der Waals surface area (Å²) in [4.78, 5) is 27.2. The first-order valence-corrected chi connectivity index (χ1v) is 6.78. The normalized spacial score (nSPS) is 10.6. The van der Waals surface area contributed by atoms with Crippen molar-refractivity contribution in [3.63, 3.8) is 0 Å². The third-order valence-corrected chi connectivity index (χ3v) is 4.07. The van der Waals surface area contributed by atoms with E-state index in [1.807, 2.05) is 22.6 Å². The van der Waals surface area contributed by atoms with Gasteiger partial charge in [-0.15, -0.1) is 0 Å². The van der Waals surface area contributed by atoms with Gasteiger partial charge in [0.2, 0.25) is 5.91 Å². The molecule has 2 rings (SSSR count). The smallest absolute Gasteiger partial charge is 0.267 e. The van der Waals surface area contributed by atoms with E-state index >= 15 is 0 Å². The molecule has 0 radical (unpaired) electrons. The standard InChI is InChI=1S/C13H11FIN3O2/c1-7-11(15)13(20)18(6-17-7)5-9-4-8(12(16)19)2-3-10(9)14/h2-4,6H,5H2,1H3,(H2,16,19). The molecular weight excluding hydrogens is 376 g/mol. The number of carbonyl (C=O) groups excluding carboxylic acids is 1. The average molecular weight is 387 g/mol. The van der Waals surface area contributed by atoms with Crippen LogP contribution in [0.25, 0.3) is 0 Å². The van der Waals surface area contributed by atoms with Crippen LogP contribution in [0, 0.1) is 16.3 Å². The molecule has 104 valence electrons. The zero-order chi connectivity index (χ0) is 14.9. The van der Waals surface area contributed by atoms with E-state index in [1.54, 1.807) is 6.92 Å². The second-order valence-electron chi connectivity index (χ2n) is 4.25. The quantitative estimate of drug-likeness (QED) is 0.810. The van der Waals surface area contributed by atoms with Gasteiger partial charge in [-0.2, -0.15) is 0 Å². The molecule has 0 saturated carbocycles. The van der Waals surface area contributed by atoms with Crippen molar-refractivity contribution >= 4 is 28.5 Å². The number of nitrogens with zero attached hydrogens (tertiary/aromatic N) is 2. The fraction of sp³-hybridized carbons (Fsp3) is 0.154. The van der Waals surface area contributed by atoms with Gasteiger partial charge in [0.05, 0.1) is 22.1 Å². The Morgan fingerprint density at radius 1 is 1.50 bits per heavy atom. The highest BCUT2D eigenvalue weighted by atomic mass is 127. The van der Waals surface area contributed by atoms with Gasteiger partial charge < -0.3 is 5.73 Å². The van der Waals surface area contributed by atoms with E-state index in [2.05, 4.69) is 4.98 Å². The fourth-order valence-corrected chi connectivity index (χ4v) is 2.14. The lowest BCUT2D eigenvalue weighted by Gasteiger charge is -2.09. The molecule has 1 amide bonds. The molecule has 0 aliphatic carbocycles. The molecule has 0 aliphatic rings. The topological polar surface area (TPSA) is 78.0 Å². The largest absolute Gasteiger partial charge is 0.366 e. The maximum absolute atomic E-state index is 13.7. The minimum absolute atomic E-state index is 0.00489. The van der Waals surface area contributed by atoms with Crippen molar-refractivity contribution in [2.24, 2.45) is 5.73 Å². The third-order valence-electron chi connectivity index (χ3n) is 2.83. The summed E-state index contributed by atoms with van der Waals surface area (Å²) in [5.41, 5.74) is 5.94. The predicted octanol–water partition coefficient (Wildman–Crippen LogP) is 1.44. The maximum atomic E-state index is 13.7. The zero-order valence-corrected chi connectivity index (χ0v) is 12.7.